The predicted molar refractivity (Wildman–Crippen MR) is 76.7 cm³/mol. The van der Waals surface area contributed by atoms with Crippen LogP contribution in [-0.2, 0) is 9.22 Å². The molecule has 1 saturated heterocycles. The summed E-state index contributed by atoms with van der Waals surface area (Å²) >= 11 is 1.73. The summed E-state index contributed by atoms with van der Waals surface area (Å²) in [5, 5.41) is 3.23. The normalized spacial score (nSPS) is 26.6. The van der Waals surface area contributed by atoms with Crippen molar-refractivity contribution in [2.45, 2.75) is 39.2 Å². The maximum Gasteiger partial charge on any atom is 0.227 e. The highest BCUT2D eigenvalue weighted by atomic mass is 32.2. The zero-order chi connectivity index (χ0) is 13.2. The molecule has 100 valence electrons. The first-order chi connectivity index (χ1) is 7.77. The molecule has 3 atom stereocenters. The van der Waals surface area contributed by atoms with Gasteiger partial charge in [-0.05, 0) is 24.8 Å². The highest BCUT2D eigenvalue weighted by Crippen LogP contribution is 2.40. The topological polar surface area (TPSA) is 38.3 Å². The molecule has 17 heavy (non-hydrogen) atoms. The first-order valence-corrected chi connectivity index (χ1v) is 10.3. The van der Waals surface area contributed by atoms with Gasteiger partial charge in [0, 0.05) is 12.5 Å². The summed E-state index contributed by atoms with van der Waals surface area (Å²) in [6.45, 7) is 11.7. The van der Waals surface area contributed by atoms with Gasteiger partial charge in [0.2, 0.25) is 5.91 Å². The van der Waals surface area contributed by atoms with E-state index in [-0.39, 0.29) is 22.6 Å². The van der Waals surface area contributed by atoms with Crippen LogP contribution in [0.5, 0.6) is 0 Å². The predicted octanol–water partition coefficient (Wildman–Crippen LogP) is 2.08. The zero-order valence-corrected chi connectivity index (χ0v) is 13.7. The minimum absolute atomic E-state index is 0.109. The van der Waals surface area contributed by atoms with Gasteiger partial charge in [0.05, 0.1) is 11.3 Å². The van der Waals surface area contributed by atoms with E-state index in [1.807, 2.05) is 0 Å². The second-order valence-electron chi connectivity index (χ2n) is 6.05. The number of amides is 1. The van der Waals surface area contributed by atoms with Crippen molar-refractivity contribution in [2.75, 3.05) is 12.9 Å². The summed E-state index contributed by atoms with van der Waals surface area (Å²) in [5.41, 5.74) is 0.111. The third-order valence-electron chi connectivity index (χ3n) is 3.32. The Bertz CT molecular complexity index is 278. The Labute approximate surface area is 111 Å². The van der Waals surface area contributed by atoms with E-state index in [1.165, 1.54) is 0 Å². The van der Waals surface area contributed by atoms with E-state index >= 15 is 0 Å². The van der Waals surface area contributed by atoms with Crippen molar-refractivity contribution in [3.8, 4) is 0 Å². The molecule has 0 saturated carbocycles. The van der Waals surface area contributed by atoms with Crippen LogP contribution in [-0.4, -0.2) is 33.2 Å². The van der Waals surface area contributed by atoms with Crippen LogP contribution in [0.2, 0.25) is 13.1 Å². The fraction of sp³-hybridized carbons (Fsp3) is 0.917. The summed E-state index contributed by atoms with van der Waals surface area (Å²) in [7, 11) is -1.01. The molecule has 0 aliphatic carbocycles. The number of carbonyl (C=O) groups excluding carboxylic acids is 1. The van der Waals surface area contributed by atoms with Gasteiger partial charge in [0.15, 0.2) is 9.04 Å². The first-order valence-electron chi connectivity index (χ1n) is 6.22. The Morgan fingerprint density at radius 2 is 2.06 bits per heavy atom. The molecule has 5 heteroatoms. The van der Waals surface area contributed by atoms with Crippen molar-refractivity contribution in [1.82, 2.24) is 5.32 Å². The second kappa shape index (κ2) is 5.76. The number of hydrogen-bond acceptors (Lipinski definition) is 3. The van der Waals surface area contributed by atoms with Crippen LogP contribution < -0.4 is 5.32 Å². The molecule has 1 heterocycles. The molecule has 0 spiro atoms. The molecule has 1 N–H and O–H groups in total. The lowest BCUT2D eigenvalue weighted by Gasteiger charge is -2.45. The minimum atomic E-state index is -1.01. The third kappa shape index (κ3) is 3.73. The molecule has 1 fully saturated rings. The molecular weight excluding hydrogens is 250 g/mol. The van der Waals surface area contributed by atoms with E-state index in [4.69, 9.17) is 4.43 Å². The minimum Gasteiger partial charge on any atom is -0.420 e. The Kier molecular flexibility index (Phi) is 5.10. The van der Waals surface area contributed by atoms with Crippen LogP contribution in [0.25, 0.3) is 0 Å². The van der Waals surface area contributed by atoms with Gasteiger partial charge in [-0.3, -0.25) is 4.79 Å². The van der Waals surface area contributed by atoms with Crippen LogP contribution in [0.3, 0.4) is 0 Å². The second-order valence-corrected chi connectivity index (χ2v) is 9.46. The molecule has 0 radical (unpaired) electrons. The van der Waals surface area contributed by atoms with Gasteiger partial charge in [-0.25, -0.2) is 0 Å². The number of β-lactam (4-membered cyclic amide) rings is 1. The smallest absolute Gasteiger partial charge is 0.227 e. The third-order valence-corrected chi connectivity index (χ3v) is 5.10. The van der Waals surface area contributed by atoms with Crippen LogP contribution in [0.4, 0.5) is 0 Å². The molecule has 1 aliphatic heterocycles. The van der Waals surface area contributed by atoms with Crippen LogP contribution >= 0.6 is 11.8 Å². The number of hydrogen-bond donors (Lipinski definition) is 1. The van der Waals surface area contributed by atoms with Crippen molar-refractivity contribution in [1.29, 1.82) is 0 Å². The molecule has 0 aromatic carbocycles. The summed E-state index contributed by atoms with van der Waals surface area (Å²) in [4.78, 5) is 11.8. The highest BCUT2D eigenvalue weighted by Gasteiger charge is 2.48. The quantitative estimate of drug-likeness (QED) is 0.617. The van der Waals surface area contributed by atoms with Gasteiger partial charge in [-0.1, -0.05) is 20.8 Å². The van der Waals surface area contributed by atoms with E-state index < -0.39 is 9.04 Å². The fourth-order valence-corrected chi connectivity index (χ4v) is 3.59. The Hall–Kier alpha value is -0.00312. The van der Waals surface area contributed by atoms with E-state index in [2.05, 4.69) is 45.4 Å². The molecule has 0 aromatic heterocycles. The largest absolute Gasteiger partial charge is 0.420 e. The summed E-state index contributed by atoms with van der Waals surface area (Å²) < 4.78 is 5.88. The average molecular weight is 275 g/mol. The fourth-order valence-electron chi connectivity index (χ4n) is 2.16. The van der Waals surface area contributed by atoms with Gasteiger partial charge in [-0.15, -0.1) is 11.8 Å². The standard InChI is InChI=1S/C12H25NO2SSi/c1-12(2,3)8(7-15-17(5)6)9-10(14)13-11(9)16-4/h8-9,11,17H,7H2,1-6H3,(H,13,14). The van der Waals surface area contributed by atoms with E-state index in [9.17, 15) is 4.79 Å². The highest BCUT2D eigenvalue weighted by molar-refractivity contribution is 7.99. The molecular formula is C12H25NO2SSi. The monoisotopic (exact) mass is 275 g/mol. The molecule has 3 nitrogen and oxygen atoms in total. The van der Waals surface area contributed by atoms with Crippen LogP contribution in [0.15, 0.2) is 0 Å². The summed E-state index contributed by atoms with van der Waals surface area (Å²) in [5.74, 6) is 0.611. The number of nitrogens with one attached hydrogen (secondary N) is 1. The number of carbonyl (C=O) groups is 1. The summed E-state index contributed by atoms with van der Waals surface area (Å²) in [6.07, 6.45) is 2.05. The van der Waals surface area contributed by atoms with Crippen LogP contribution in [0, 0.1) is 17.3 Å². The van der Waals surface area contributed by atoms with Crippen molar-refractivity contribution in [2.24, 2.45) is 17.3 Å². The van der Waals surface area contributed by atoms with Gasteiger partial charge >= 0.3 is 0 Å². The van der Waals surface area contributed by atoms with Crippen molar-refractivity contribution >= 4 is 26.7 Å². The van der Waals surface area contributed by atoms with E-state index in [0.717, 1.165) is 6.61 Å². The SMILES string of the molecule is CSC1NC(=O)C1C(CO[SiH](C)C)C(C)(C)C. The van der Waals surface area contributed by atoms with Gasteiger partial charge in [0.1, 0.15) is 0 Å². The Morgan fingerprint density at radius 1 is 1.47 bits per heavy atom. The Morgan fingerprint density at radius 3 is 2.41 bits per heavy atom. The van der Waals surface area contributed by atoms with Crippen molar-refractivity contribution in [3.63, 3.8) is 0 Å². The van der Waals surface area contributed by atoms with E-state index in [0.29, 0.717) is 5.92 Å². The molecule has 0 aromatic rings. The maximum absolute atomic E-state index is 11.8. The summed E-state index contributed by atoms with van der Waals surface area (Å²) in [6, 6.07) is 0. The van der Waals surface area contributed by atoms with Crippen LogP contribution in [0.1, 0.15) is 20.8 Å². The first kappa shape index (κ1) is 15.1. The van der Waals surface area contributed by atoms with Gasteiger partial charge in [0.25, 0.3) is 0 Å². The Balaban J connectivity index is 2.72. The molecule has 0 bridgehead atoms. The van der Waals surface area contributed by atoms with Crippen molar-refractivity contribution in [3.05, 3.63) is 0 Å². The molecule has 1 amide bonds. The molecule has 1 rings (SSSR count). The maximum atomic E-state index is 11.8. The lowest BCUT2D eigenvalue weighted by Crippen LogP contribution is -2.61. The molecule has 3 unspecified atom stereocenters. The lowest BCUT2D eigenvalue weighted by molar-refractivity contribution is -0.138. The van der Waals surface area contributed by atoms with Gasteiger partial charge in [-0.2, -0.15) is 0 Å². The number of thioether (sulfide) groups is 1. The average Bonchev–Trinajstić information content (AvgIpc) is 2.18. The van der Waals surface area contributed by atoms with Crippen molar-refractivity contribution < 1.29 is 9.22 Å². The van der Waals surface area contributed by atoms with E-state index in [1.54, 1.807) is 11.8 Å². The number of rotatable bonds is 5. The molecule has 1 aliphatic rings. The zero-order valence-electron chi connectivity index (χ0n) is 11.7. The van der Waals surface area contributed by atoms with Gasteiger partial charge < -0.3 is 9.74 Å². The lowest BCUT2D eigenvalue weighted by atomic mass is 9.71.